The van der Waals surface area contributed by atoms with Crippen LogP contribution in [0.25, 0.3) is 0 Å². The number of thioether (sulfide) groups is 1. The van der Waals surface area contributed by atoms with Gasteiger partial charge in [-0.05, 0) is 67.3 Å². The van der Waals surface area contributed by atoms with Crippen molar-refractivity contribution in [1.82, 2.24) is 5.32 Å². The van der Waals surface area contributed by atoms with E-state index < -0.39 is 5.92 Å². The lowest BCUT2D eigenvalue weighted by Crippen LogP contribution is -2.36. The number of rotatable bonds is 10. The summed E-state index contributed by atoms with van der Waals surface area (Å²) in [5, 5.41) is 3.42. The second-order valence-electron chi connectivity index (χ2n) is 9.13. The number of dihydropyridines is 1. The molecule has 0 radical (unpaired) electrons. The smallest absolute Gasteiger partial charge is 0.336 e. The molecule has 1 heterocycles. The van der Waals surface area contributed by atoms with Gasteiger partial charge < -0.3 is 19.5 Å². The third-order valence-electron chi connectivity index (χ3n) is 6.82. The Hall–Kier alpha value is -3.19. The largest absolute Gasteiger partial charge is 0.497 e. The number of methoxy groups -OCH3 is 1. The molecule has 0 saturated heterocycles. The SMILES string of the molecule is CCOc1ccc(C2C(C(=O)OCCSCC)=C(C)NC3=C2C(=O)CC(c2ccc(OC)cc2)C3)cc1. The average Bonchev–Trinajstić information content (AvgIpc) is 2.91. The Kier molecular flexibility index (Phi) is 8.98. The summed E-state index contributed by atoms with van der Waals surface area (Å²) in [7, 11) is 1.64. The summed E-state index contributed by atoms with van der Waals surface area (Å²) in [6, 6.07) is 15.6. The Morgan fingerprint density at radius 1 is 1.00 bits per heavy atom. The lowest BCUT2D eigenvalue weighted by molar-refractivity contribution is -0.138. The standard InChI is InChI=1S/C30H35NO5S/c1-5-35-24-13-9-21(10-14-24)28-27(30(33)36-15-16-37-6-2)19(3)31-25-17-22(18-26(32)29(25)28)20-7-11-23(34-4)12-8-20/h7-14,22,28,31H,5-6,15-18H2,1-4H3. The fourth-order valence-electron chi connectivity index (χ4n) is 5.09. The minimum absolute atomic E-state index is 0.0489. The molecule has 196 valence electrons. The number of benzene rings is 2. The molecule has 0 spiro atoms. The molecule has 2 aromatic rings. The van der Waals surface area contributed by atoms with Crippen LogP contribution < -0.4 is 14.8 Å². The highest BCUT2D eigenvalue weighted by atomic mass is 32.2. The van der Waals surface area contributed by atoms with Gasteiger partial charge in [-0.25, -0.2) is 4.79 Å². The van der Waals surface area contributed by atoms with E-state index in [1.165, 1.54) is 0 Å². The third-order valence-corrected chi connectivity index (χ3v) is 7.69. The number of allylic oxidation sites excluding steroid dienone is 3. The van der Waals surface area contributed by atoms with Crippen molar-refractivity contribution in [2.75, 3.05) is 31.8 Å². The van der Waals surface area contributed by atoms with Crippen LogP contribution >= 0.6 is 11.8 Å². The highest BCUT2D eigenvalue weighted by Gasteiger charge is 2.41. The molecule has 0 bridgehead atoms. The zero-order chi connectivity index (χ0) is 26.4. The molecule has 4 rings (SSSR count). The Balaban J connectivity index is 1.69. The van der Waals surface area contributed by atoms with Gasteiger partial charge in [0.1, 0.15) is 18.1 Å². The maximum atomic E-state index is 13.7. The van der Waals surface area contributed by atoms with Crippen LogP contribution in [0.15, 0.2) is 71.1 Å². The van der Waals surface area contributed by atoms with Gasteiger partial charge in [0.2, 0.25) is 0 Å². The Morgan fingerprint density at radius 3 is 2.32 bits per heavy atom. The maximum absolute atomic E-state index is 13.7. The van der Waals surface area contributed by atoms with E-state index in [0.29, 0.717) is 37.2 Å². The molecule has 7 heteroatoms. The van der Waals surface area contributed by atoms with Crippen molar-refractivity contribution in [1.29, 1.82) is 0 Å². The summed E-state index contributed by atoms with van der Waals surface area (Å²) in [6.45, 7) is 6.82. The lowest BCUT2D eigenvalue weighted by Gasteiger charge is -2.36. The molecule has 2 atom stereocenters. The fourth-order valence-corrected chi connectivity index (χ4v) is 5.58. The Labute approximate surface area is 223 Å². The van der Waals surface area contributed by atoms with Crippen molar-refractivity contribution in [3.05, 3.63) is 82.2 Å². The van der Waals surface area contributed by atoms with Crippen LogP contribution in [0.3, 0.4) is 0 Å². The van der Waals surface area contributed by atoms with Crippen LogP contribution in [0.5, 0.6) is 11.5 Å². The summed E-state index contributed by atoms with van der Waals surface area (Å²) < 4.78 is 16.6. The number of Topliss-reactive ketones (excluding diaryl/α,β-unsaturated/α-hetero) is 1. The van der Waals surface area contributed by atoms with Gasteiger partial charge in [-0.2, -0.15) is 11.8 Å². The second kappa shape index (κ2) is 12.4. The normalized spacial score (nSPS) is 19.3. The van der Waals surface area contributed by atoms with E-state index in [9.17, 15) is 9.59 Å². The molecule has 2 unspecified atom stereocenters. The molecule has 6 nitrogen and oxygen atoms in total. The first-order valence-corrected chi connectivity index (χ1v) is 14.0. The number of ketones is 1. The molecule has 0 amide bonds. The topological polar surface area (TPSA) is 73.9 Å². The van der Waals surface area contributed by atoms with E-state index in [2.05, 4.69) is 12.2 Å². The van der Waals surface area contributed by atoms with E-state index in [0.717, 1.165) is 45.5 Å². The van der Waals surface area contributed by atoms with Gasteiger partial charge >= 0.3 is 5.97 Å². The van der Waals surface area contributed by atoms with Crippen molar-refractivity contribution in [3.63, 3.8) is 0 Å². The van der Waals surface area contributed by atoms with Gasteiger partial charge in [-0.1, -0.05) is 31.2 Å². The summed E-state index contributed by atoms with van der Waals surface area (Å²) >= 11 is 1.73. The molecule has 0 fully saturated rings. The summed E-state index contributed by atoms with van der Waals surface area (Å²) in [5.74, 6) is 2.49. The first kappa shape index (κ1) is 26.9. The van der Waals surface area contributed by atoms with E-state index in [1.807, 2.05) is 62.4 Å². The molecular formula is C30H35NO5S. The molecule has 1 N–H and O–H groups in total. The first-order chi connectivity index (χ1) is 18.0. The third kappa shape index (κ3) is 6.04. The molecule has 0 saturated carbocycles. The molecule has 2 aromatic carbocycles. The number of carbonyl (C=O) groups excluding carboxylic acids is 2. The fraction of sp³-hybridized carbons (Fsp3) is 0.400. The van der Waals surface area contributed by atoms with Crippen LogP contribution in [0.1, 0.15) is 56.6 Å². The number of nitrogens with one attached hydrogen (secondary N) is 1. The Morgan fingerprint density at radius 2 is 1.68 bits per heavy atom. The molecule has 0 aromatic heterocycles. The van der Waals surface area contributed by atoms with E-state index >= 15 is 0 Å². The highest BCUT2D eigenvalue weighted by molar-refractivity contribution is 7.99. The molecular weight excluding hydrogens is 486 g/mol. The maximum Gasteiger partial charge on any atom is 0.336 e. The second-order valence-corrected chi connectivity index (χ2v) is 10.5. The predicted molar refractivity (Wildman–Crippen MR) is 147 cm³/mol. The first-order valence-electron chi connectivity index (χ1n) is 12.8. The van der Waals surface area contributed by atoms with Gasteiger partial charge in [0.15, 0.2) is 5.78 Å². The van der Waals surface area contributed by atoms with Crippen LogP contribution in [-0.2, 0) is 14.3 Å². The van der Waals surface area contributed by atoms with E-state index in [1.54, 1.807) is 18.9 Å². The van der Waals surface area contributed by atoms with Crippen molar-refractivity contribution in [2.24, 2.45) is 0 Å². The average molecular weight is 522 g/mol. The van der Waals surface area contributed by atoms with E-state index in [-0.39, 0.29) is 17.7 Å². The number of ether oxygens (including phenoxy) is 3. The van der Waals surface area contributed by atoms with Crippen molar-refractivity contribution < 1.29 is 23.8 Å². The van der Waals surface area contributed by atoms with Gasteiger partial charge in [0.25, 0.3) is 0 Å². The molecule has 1 aliphatic carbocycles. The van der Waals surface area contributed by atoms with Crippen LogP contribution in [-0.4, -0.2) is 43.6 Å². The minimum Gasteiger partial charge on any atom is -0.497 e. The van der Waals surface area contributed by atoms with Crippen molar-refractivity contribution in [2.45, 2.75) is 45.4 Å². The van der Waals surface area contributed by atoms with E-state index in [4.69, 9.17) is 14.2 Å². The summed E-state index contributed by atoms with van der Waals surface area (Å²) in [5.41, 5.74) is 4.75. The zero-order valence-electron chi connectivity index (χ0n) is 22.0. The quantitative estimate of drug-likeness (QED) is 0.315. The lowest BCUT2D eigenvalue weighted by atomic mass is 9.71. The van der Waals surface area contributed by atoms with Gasteiger partial charge in [0, 0.05) is 35.1 Å². The summed E-state index contributed by atoms with van der Waals surface area (Å²) in [4.78, 5) is 27.1. The monoisotopic (exact) mass is 521 g/mol. The van der Waals surface area contributed by atoms with Crippen LogP contribution in [0.2, 0.25) is 0 Å². The predicted octanol–water partition coefficient (Wildman–Crippen LogP) is 5.75. The number of carbonyl (C=O) groups is 2. The summed E-state index contributed by atoms with van der Waals surface area (Å²) in [6.07, 6.45) is 1.07. The van der Waals surface area contributed by atoms with Crippen LogP contribution in [0, 0.1) is 0 Å². The van der Waals surface area contributed by atoms with Crippen molar-refractivity contribution in [3.8, 4) is 11.5 Å². The van der Waals surface area contributed by atoms with Gasteiger partial charge in [-0.3, -0.25) is 4.79 Å². The van der Waals surface area contributed by atoms with Gasteiger partial charge in [0.05, 0.1) is 19.3 Å². The highest BCUT2D eigenvalue weighted by Crippen LogP contribution is 2.46. The van der Waals surface area contributed by atoms with Crippen LogP contribution in [0.4, 0.5) is 0 Å². The molecule has 2 aliphatic rings. The van der Waals surface area contributed by atoms with Crippen molar-refractivity contribution >= 4 is 23.5 Å². The number of hydrogen-bond acceptors (Lipinski definition) is 7. The number of esters is 1. The minimum atomic E-state index is -0.484. The molecule has 37 heavy (non-hydrogen) atoms. The zero-order valence-corrected chi connectivity index (χ0v) is 22.8. The van der Waals surface area contributed by atoms with Gasteiger partial charge in [-0.15, -0.1) is 0 Å². The number of hydrogen-bond donors (Lipinski definition) is 1. The Bertz CT molecular complexity index is 1180. The molecule has 1 aliphatic heterocycles.